The first-order valence-corrected chi connectivity index (χ1v) is 8.78. The van der Waals surface area contributed by atoms with Crippen molar-refractivity contribution in [3.8, 4) is 0 Å². The molecule has 0 aliphatic carbocycles. The second-order valence-electron chi connectivity index (χ2n) is 5.93. The maximum Gasteiger partial charge on any atom is 0.268 e. The molecule has 1 saturated heterocycles. The van der Waals surface area contributed by atoms with Gasteiger partial charge >= 0.3 is 0 Å². The molecule has 1 atom stereocenters. The van der Waals surface area contributed by atoms with E-state index in [1.165, 1.54) is 0 Å². The molecule has 1 aliphatic heterocycles. The number of hydrogen-bond donors (Lipinski definition) is 1. The Labute approximate surface area is 132 Å². The maximum atomic E-state index is 12.6. The van der Waals surface area contributed by atoms with Gasteiger partial charge < -0.3 is 10.2 Å². The SMILES string of the molecule is CCc1nnsc1C(=O)N1CSC[C@@H]1C(=O)NC(C)(C)C. The zero-order valence-electron chi connectivity index (χ0n) is 12.7. The van der Waals surface area contributed by atoms with Crippen molar-refractivity contribution in [1.82, 2.24) is 19.8 Å². The Morgan fingerprint density at radius 2 is 2.14 bits per heavy atom. The van der Waals surface area contributed by atoms with Gasteiger partial charge in [0, 0.05) is 11.3 Å². The Bertz CT molecular complexity index is 539. The van der Waals surface area contributed by atoms with Gasteiger partial charge in [0.1, 0.15) is 10.9 Å². The van der Waals surface area contributed by atoms with Crippen molar-refractivity contribution >= 4 is 35.1 Å². The minimum atomic E-state index is -0.423. The van der Waals surface area contributed by atoms with E-state index in [0.29, 0.717) is 28.6 Å². The van der Waals surface area contributed by atoms with Crippen LogP contribution < -0.4 is 5.32 Å². The van der Waals surface area contributed by atoms with Gasteiger partial charge in [-0.1, -0.05) is 11.4 Å². The first-order chi connectivity index (χ1) is 9.83. The van der Waals surface area contributed by atoms with Crippen LogP contribution in [0.3, 0.4) is 0 Å². The van der Waals surface area contributed by atoms with Crippen molar-refractivity contribution in [2.45, 2.75) is 45.7 Å². The van der Waals surface area contributed by atoms with Crippen LogP contribution in [0.2, 0.25) is 0 Å². The summed E-state index contributed by atoms with van der Waals surface area (Å²) in [7, 11) is 0. The van der Waals surface area contributed by atoms with Gasteiger partial charge in [-0.05, 0) is 38.7 Å². The second kappa shape index (κ2) is 6.31. The molecule has 0 spiro atoms. The smallest absolute Gasteiger partial charge is 0.268 e. The van der Waals surface area contributed by atoms with Crippen LogP contribution in [0.4, 0.5) is 0 Å². The number of carbonyl (C=O) groups excluding carboxylic acids is 2. The lowest BCUT2D eigenvalue weighted by Gasteiger charge is -2.27. The number of aryl methyl sites for hydroxylation is 1. The molecule has 0 saturated carbocycles. The third kappa shape index (κ3) is 3.74. The molecule has 0 bridgehead atoms. The molecule has 21 heavy (non-hydrogen) atoms. The predicted octanol–water partition coefficient (Wildman–Crippen LogP) is 1.53. The van der Waals surface area contributed by atoms with E-state index in [-0.39, 0.29) is 17.4 Å². The fraction of sp³-hybridized carbons (Fsp3) is 0.692. The number of amides is 2. The van der Waals surface area contributed by atoms with Gasteiger partial charge in [0.25, 0.3) is 5.91 Å². The van der Waals surface area contributed by atoms with Crippen LogP contribution in [-0.2, 0) is 11.2 Å². The highest BCUT2D eigenvalue weighted by Crippen LogP contribution is 2.25. The average molecular weight is 328 g/mol. The normalized spacial score (nSPS) is 18.9. The standard InChI is InChI=1S/C13H20N4O2S2/c1-5-8-10(21-16-15-8)12(19)17-7-20-6-9(17)11(18)14-13(2,3)4/h9H,5-7H2,1-4H3,(H,14,18)/t9-/m1/s1. The van der Waals surface area contributed by atoms with E-state index in [1.54, 1.807) is 16.7 Å². The number of carbonyl (C=O) groups is 2. The van der Waals surface area contributed by atoms with Crippen LogP contribution >= 0.6 is 23.3 Å². The second-order valence-corrected chi connectivity index (χ2v) is 7.69. The van der Waals surface area contributed by atoms with Crippen LogP contribution in [0.15, 0.2) is 0 Å². The van der Waals surface area contributed by atoms with Crippen molar-refractivity contribution in [2.75, 3.05) is 11.6 Å². The summed E-state index contributed by atoms with van der Waals surface area (Å²) < 4.78 is 3.85. The van der Waals surface area contributed by atoms with Crippen LogP contribution in [0.5, 0.6) is 0 Å². The van der Waals surface area contributed by atoms with Crippen molar-refractivity contribution in [2.24, 2.45) is 0 Å². The summed E-state index contributed by atoms with van der Waals surface area (Å²) in [5.41, 5.74) is 0.400. The topological polar surface area (TPSA) is 75.2 Å². The molecule has 2 rings (SSSR count). The quantitative estimate of drug-likeness (QED) is 0.911. The third-order valence-electron chi connectivity index (χ3n) is 3.03. The molecule has 1 aliphatic rings. The highest BCUT2D eigenvalue weighted by Gasteiger charge is 2.37. The Morgan fingerprint density at radius 3 is 2.76 bits per heavy atom. The van der Waals surface area contributed by atoms with Crippen molar-refractivity contribution in [3.63, 3.8) is 0 Å². The van der Waals surface area contributed by atoms with Crippen molar-refractivity contribution in [1.29, 1.82) is 0 Å². The number of nitrogens with zero attached hydrogens (tertiary/aromatic N) is 3. The molecule has 116 valence electrons. The highest BCUT2D eigenvalue weighted by molar-refractivity contribution is 7.99. The van der Waals surface area contributed by atoms with Gasteiger partial charge in [-0.3, -0.25) is 9.59 Å². The van der Waals surface area contributed by atoms with E-state index in [4.69, 9.17) is 0 Å². The lowest BCUT2D eigenvalue weighted by Crippen LogP contribution is -2.52. The summed E-state index contributed by atoms with van der Waals surface area (Å²) in [4.78, 5) is 27.2. The summed E-state index contributed by atoms with van der Waals surface area (Å²) in [6, 6.07) is -0.423. The van der Waals surface area contributed by atoms with Gasteiger partial charge in [-0.25, -0.2) is 0 Å². The summed E-state index contributed by atoms with van der Waals surface area (Å²) in [6.07, 6.45) is 0.664. The molecule has 1 N–H and O–H groups in total. The van der Waals surface area contributed by atoms with E-state index in [1.807, 2.05) is 27.7 Å². The molecule has 1 aromatic heterocycles. The van der Waals surface area contributed by atoms with Gasteiger partial charge in [-0.2, -0.15) is 0 Å². The van der Waals surface area contributed by atoms with Gasteiger partial charge in [0.2, 0.25) is 5.91 Å². The Morgan fingerprint density at radius 1 is 1.43 bits per heavy atom. The molecule has 0 aromatic carbocycles. The molecule has 8 heteroatoms. The first-order valence-electron chi connectivity index (χ1n) is 6.85. The van der Waals surface area contributed by atoms with E-state index >= 15 is 0 Å². The molecular weight excluding hydrogens is 308 g/mol. The highest BCUT2D eigenvalue weighted by atomic mass is 32.2. The Balaban J connectivity index is 2.15. The van der Waals surface area contributed by atoms with Gasteiger partial charge in [0.05, 0.1) is 11.6 Å². The minimum Gasteiger partial charge on any atom is -0.350 e. The number of aromatic nitrogens is 2. The van der Waals surface area contributed by atoms with E-state index in [2.05, 4.69) is 14.9 Å². The number of nitrogens with one attached hydrogen (secondary N) is 1. The fourth-order valence-corrected chi connectivity index (χ4v) is 3.91. The monoisotopic (exact) mass is 328 g/mol. The number of hydrogen-bond acceptors (Lipinski definition) is 6. The maximum absolute atomic E-state index is 12.6. The lowest BCUT2D eigenvalue weighted by atomic mass is 10.1. The largest absolute Gasteiger partial charge is 0.350 e. The summed E-state index contributed by atoms with van der Waals surface area (Å²) in [6.45, 7) is 7.74. The van der Waals surface area contributed by atoms with Gasteiger partial charge in [-0.15, -0.1) is 16.9 Å². The van der Waals surface area contributed by atoms with Crippen molar-refractivity contribution in [3.05, 3.63) is 10.6 Å². The van der Waals surface area contributed by atoms with Gasteiger partial charge in [0.15, 0.2) is 0 Å². The summed E-state index contributed by atoms with van der Waals surface area (Å²) >= 11 is 2.69. The van der Waals surface area contributed by atoms with E-state index < -0.39 is 6.04 Å². The fourth-order valence-electron chi connectivity index (χ4n) is 2.05. The first kappa shape index (κ1) is 16.2. The third-order valence-corrected chi connectivity index (χ3v) is 4.80. The van der Waals surface area contributed by atoms with Crippen LogP contribution in [0.25, 0.3) is 0 Å². The summed E-state index contributed by atoms with van der Waals surface area (Å²) in [5.74, 6) is 0.918. The lowest BCUT2D eigenvalue weighted by molar-refractivity contribution is -0.125. The van der Waals surface area contributed by atoms with Crippen LogP contribution in [0.1, 0.15) is 43.1 Å². The summed E-state index contributed by atoms with van der Waals surface area (Å²) in [5, 5.41) is 6.92. The van der Waals surface area contributed by atoms with E-state index in [0.717, 1.165) is 11.5 Å². The predicted molar refractivity (Wildman–Crippen MR) is 84.5 cm³/mol. The number of rotatable bonds is 3. The molecule has 0 unspecified atom stereocenters. The van der Waals surface area contributed by atoms with Crippen LogP contribution in [0, 0.1) is 0 Å². The van der Waals surface area contributed by atoms with E-state index in [9.17, 15) is 9.59 Å². The molecule has 2 amide bonds. The molecule has 1 aromatic rings. The Hall–Kier alpha value is -1.15. The molecule has 1 fully saturated rings. The molecule has 6 nitrogen and oxygen atoms in total. The molecule has 2 heterocycles. The Kier molecular flexibility index (Phi) is 4.88. The van der Waals surface area contributed by atoms with Crippen LogP contribution in [-0.4, -0.2) is 49.5 Å². The molecule has 0 radical (unpaired) electrons. The number of thioether (sulfide) groups is 1. The van der Waals surface area contributed by atoms with Crippen molar-refractivity contribution < 1.29 is 9.59 Å². The zero-order valence-corrected chi connectivity index (χ0v) is 14.3. The average Bonchev–Trinajstić information content (AvgIpc) is 3.04. The molecular formula is C13H20N4O2S2. The zero-order chi connectivity index (χ0) is 15.6. The minimum absolute atomic E-state index is 0.101.